The molecule has 1 atom stereocenters. The van der Waals surface area contributed by atoms with Gasteiger partial charge in [-0.15, -0.1) is 11.3 Å². The Kier molecular flexibility index (Phi) is 5.13. The molecule has 0 amide bonds. The van der Waals surface area contributed by atoms with Gasteiger partial charge >= 0.3 is 0 Å². The van der Waals surface area contributed by atoms with Crippen LogP contribution < -0.4 is 5.32 Å². The zero-order valence-corrected chi connectivity index (χ0v) is 13.9. The molecule has 0 aromatic carbocycles. The number of likely N-dealkylation sites (N-methyl/N-ethyl adjacent to an activating group) is 1. The van der Waals surface area contributed by atoms with E-state index in [2.05, 4.69) is 50.6 Å². The number of rotatable bonds is 6. The third-order valence-electron chi connectivity index (χ3n) is 2.99. The van der Waals surface area contributed by atoms with Crippen molar-refractivity contribution in [3.8, 4) is 0 Å². The topological polar surface area (TPSA) is 42.7 Å². The zero-order chi connectivity index (χ0) is 13.8. The third-order valence-corrected chi connectivity index (χ3v) is 4.43. The molecule has 0 aliphatic carbocycles. The first-order valence-electron chi connectivity index (χ1n) is 6.51. The number of aromatic nitrogens is 3. The summed E-state index contributed by atoms with van der Waals surface area (Å²) in [6.07, 6.45) is 2.76. The summed E-state index contributed by atoms with van der Waals surface area (Å²) in [5.74, 6) is 0. The monoisotopic (exact) mass is 342 g/mol. The fourth-order valence-electron chi connectivity index (χ4n) is 2.19. The van der Waals surface area contributed by atoms with Crippen LogP contribution >= 0.6 is 27.3 Å². The maximum absolute atomic E-state index is 4.56. The average molecular weight is 343 g/mol. The second kappa shape index (κ2) is 6.63. The minimum atomic E-state index is 0.239. The molecule has 0 radical (unpaired) electrons. The molecule has 0 aliphatic rings. The molecule has 0 saturated heterocycles. The van der Waals surface area contributed by atoms with Gasteiger partial charge < -0.3 is 5.32 Å². The molecule has 2 aromatic rings. The molecule has 2 heterocycles. The number of nitrogens with one attached hydrogen (secondary N) is 1. The van der Waals surface area contributed by atoms with Gasteiger partial charge in [0.2, 0.25) is 0 Å². The van der Waals surface area contributed by atoms with Gasteiger partial charge in [-0.2, -0.15) is 5.10 Å². The van der Waals surface area contributed by atoms with Crippen LogP contribution in [0.25, 0.3) is 0 Å². The van der Waals surface area contributed by atoms with Crippen LogP contribution in [0.2, 0.25) is 0 Å². The number of thiazole rings is 1. The van der Waals surface area contributed by atoms with Crippen molar-refractivity contribution in [1.82, 2.24) is 20.1 Å². The quantitative estimate of drug-likeness (QED) is 0.875. The number of nitrogens with zero attached hydrogens (tertiary/aromatic N) is 3. The lowest BCUT2D eigenvalue weighted by Crippen LogP contribution is -2.26. The Bertz CT molecular complexity index is 534. The van der Waals surface area contributed by atoms with Crippen molar-refractivity contribution in [2.45, 2.75) is 39.8 Å². The van der Waals surface area contributed by atoms with Crippen molar-refractivity contribution >= 4 is 27.3 Å². The van der Waals surface area contributed by atoms with Gasteiger partial charge in [0.15, 0.2) is 0 Å². The summed E-state index contributed by atoms with van der Waals surface area (Å²) in [6.45, 7) is 8.08. The molecule has 1 N–H and O–H groups in total. The number of halogens is 1. The summed E-state index contributed by atoms with van der Waals surface area (Å²) in [5.41, 5.74) is 2.35. The number of hydrogen-bond donors (Lipinski definition) is 1. The van der Waals surface area contributed by atoms with E-state index in [9.17, 15) is 0 Å². The van der Waals surface area contributed by atoms with Gasteiger partial charge in [-0.05, 0) is 36.3 Å². The van der Waals surface area contributed by atoms with Gasteiger partial charge in [-0.25, -0.2) is 4.98 Å². The Labute approximate surface area is 126 Å². The maximum atomic E-state index is 4.56. The van der Waals surface area contributed by atoms with Gasteiger partial charge in [-0.3, -0.25) is 4.68 Å². The van der Waals surface area contributed by atoms with Crippen LogP contribution in [0, 0.1) is 6.92 Å². The molecule has 0 fully saturated rings. The van der Waals surface area contributed by atoms with Crippen LogP contribution in [0.4, 0.5) is 0 Å². The molecule has 0 aliphatic heterocycles. The van der Waals surface area contributed by atoms with Gasteiger partial charge in [0, 0.05) is 18.3 Å². The standard InChI is InChI=1S/C13H19BrN4S/c1-4-15-12(6-10-8-19-9(3)17-10)13-11(14)7-16-18(13)5-2/h7-8,12,15H,4-6H2,1-3H3. The summed E-state index contributed by atoms with van der Waals surface area (Å²) >= 11 is 5.31. The lowest BCUT2D eigenvalue weighted by atomic mass is 10.1. The van der Waals surface area contributed by atoms with Gasteiger partial charge in [0.25, 0.3) is 0 Å². The summed E-state index contributed by atoms with van der Waals surface area (Å²) < 4.78 is 3.10. The summed E-state index contributed by atoms with van der Waals surface area (Å²) in [6, 6.07) is 0.239. The largest absolute Gasteiger partial charge is 0.309 e. The van der Waals surface area contributed by atoms with Crippen LogP contribution in [0.5, 0.6) is 0 Å². The summed E-state index contributed by atoms with van der Waals surface area (Å²) in [4.78, 5) is 4.56. The Balaban J connectivity index is 2.26. The van der Waals surface area contributed by atoms with E-state index in [1.54, 1.807) is 11.3 Å². The fourth-order valence-corrected chi connectivity index (χ4v) is 3.39. The van der Waals surface area contributed by atoms with E-state index in [1.165, 1.54) is 5.69 Å². The molecule has 104 valence electrons. The highest BCUT2D eigenvalue weighted by atomic mass is 79.9. The minimum absolute atomic E-state index is 0.239. The van der Waals surface area contributed by atoms with Crippen LogP contribution in [-0.4, -0.2) is 21.3 Å². The van der Waals surface area contributed by atoms with E-state index in [0.29, 0.717) is 0 Å². The molecule has 19 heavy (non-hydrogen) atoms. The van der Waals surface area contributed by atoms with E-state index in [-0.39, 0.29) is 6.04 Å². The van der Waals surface area contributed by atoms with Crippen LogP contribution in [-0.2, 0) is 13.0 Å². The second-order valence-electron chi connectivity index (χ2n) is 4.37. The highest BCUT2D eigenvalue weighted by molar-refractivity contribution is 9.10. The Morgan fingerprint density at radius 3 is 2.84 bits per heavy atom. The van der Waals surface area contributed by atoms with Crippen molar-refractivity contribution in [3.05, 3.63) is 32.4 Å². The number of aryl methyl sites for hydroxylation is 2. The van der Waals surface area contributed by atoms with Gasteiger partial charge in [0.1, 0.15) is 0 Å². The highest BCUT2D eigenvalue weighted by Crippen LogP contribution is 2.26. The van der Waals surface area contributed by atoms with Crippen molar-refractivity contribution < 1.29 is 0 Å². The minimum Gasteiger partial charge on any atom is -0.309 e. The molecule has 0 spiro atoms. The van der Waals surface area contributed by atoms with Crippen molar-refractivity contribution in [2.24, 2.45) is 0 Å². The first kappa shape index (κ1) is 14.7. The molecule has 2 rings (SSSR count). The van der Waals surface area contributed by atoms with E-state index in [0.717, 1.165) is 34.7 Å². The predicted octanol–water partition coefficient (Wildman–Crippen LogP) is 3.32. The molecular weight excluding hydrogens is 324 g/mol. The van der Waals surface area contributed by atoms with Crippen molar-refractivity contribution in [3.63, 3.8) is 0 Å². The van der Waals surface area contributed by atoms with Crippen LogP contribution in [0.3, 0.4) is 0 Å². The maximum Gasteiger partial charge on any atom is 0.0897 e. The van der Waals surface area contributed by atoms with E-state index in [1.807, 2.05) is 17.8 Å². The molecular formula is C13H19BrN4S. The molecule has 0 bridgehead atoms. The molecule has 2 aromatic heterocycles. The SMILES string of the molecule is CCNC(Cc1csc(C)n1)c1c(Br)cnn1CC. The zero-order valence-electron chi connectivity index (χ0n) is 11.5. The molecule has 4 nitrogen and oxygen atoms in total. The van der Waals surface area contributed by atoms with Crippen molar-refractivity contribution in [1.29, 1.82) is 0 Å². The highest BCUT2D eigenvalue weighted by Gasteiger charge is 2.20. The summed E-state index contributed by atoms with van der Waals surface area (Å²) in [5, 5.41) is 11.2. The number of hydrogen-bond acceptors (Lipinski definition) is 4. The van der Waals surface area contributed by atoms with Crippen LogP contribution in [0.1, 0.15) is 36.3 Å². The first-order valence-corrected chi connectivity index (χ1v) is 8.18. The lowest BCUT2D eigenvalue weighted by Gasteiger charge is -2.19. The first-order chi connectivity index (χ1) is 9.15. The smallest absolute Gasteiger partial charge is 0.0897 e. The van der Waals surface area contributed by atoms with Gasteiger partial charge in [0.05, 0.1) is 33.1 Å². The van der Waals surface area contributed by atoms with Gasteiger partial charge in [-0.1, -0.05) is 6.92 Å². The molecule has 6 heteroatoms. The van der Waals surface area contributed by atoms with Crippen LogP contribution in [0.15, 0.2) is 16.0 Å². The van der Waals surface area contributed by atoms with E-state index in [4.69, 9.17) is 0 Å². The summed E-state index contributed by atoms with van der Waals surface area (Å²) in [7, 11) is 0. The van der Waals surface area contributed by atoms with E-state index < -0.39 is 0 Å². The Morgan fingerprint density at radius 2 is 2.26 bits per heavy atom. The lowest BCUT2D eigenvalue weighted by molar-refractivity contribution is 0.485. The Hall–Kier alpha value is -0.720. The predicted molar refractivity (Wildman–Crippen MR) is 82.6 cm³/mol. The fraction of sp³-hybridized carbons (Fsp3) is 0.538. The van der Waals surface area contributed by atoms with E-state index >= 15 is 0 Å². The average Bonchev–Trinajstić information content (AvgIpc) is 2.95. The molecule has 1 unspecified atom stereocenters. The second-order valence-corrected chi connectivity index (χ2v) is 6.28. The molecule has 0 saturated carbocycles. The van der Waals surface area contributed by atoms with Crippen molar-refractivity contribution in [2.75, 3.05) is 6.54 Å². The normalized spacial score (nSPS) is 12.8. The third kappa shape index (κ3) is 3.43. The Morgan fingerprint density at radius 1 is 1.47 bits per heavy atom.